The summed E-state index contributed by atoms with van der Waals surface area (Å²) in [5, 5.41) is 0. The van der Waals surface area contributed by atoms with Crippen molar-refractivity contribution in [1.82, 2.24) is 0 Å². The monoisotopic (exact) mass is 188 g/mol. The molecule has 0 aliphatic rings. The first-order valence-electron chi connectivity index (χ1n) is 5.31. The van der Waals surface area contributed by atoms with Gasteiger partial charge in [-0.15, -0.1) is 0 Å². The van der Waals surface area contributed by atoms with Crippen molar-refractivity contribution in [2.45, 2.75) is 39.5 Å². The van der Waals surface area contributed by atoms with Gasteiger partial charge >= 0.3 is 0 Å². The van der Waals surface area contributed by atoms with Gasteiger partial charge in [0.15, 0.2) is 0 Å². The van der Waals surface area contributed by atoms with Gasteiger partial charge in [0, 0.05) is 0 Å². The van der Waals surface area contributed by atoms with Crippen molar-refractivity contribution in [3.8, 4) is 0 Å². The second-order valence-electron chi connectivity index (χ2n) is 4.69. The zero-order valence-corrected chi connectivity index (χ0v) is 9.67. The quantitative estimate of drug-likeness (QED) is 0.645. The minimum Gasteiger partial charge on any atom is -0.0842 e. The van der Waals surface area contributed by atoms with Crippen molar-refractivity contribution in [2.24, 2.45) is 0 Å². The summed E-state index contributed by atoms with van der Waals surface area (Å²) in [5.41, 5.74) is 2.95. The minimum absolute atomic E-state index is 0.246. The molecule has 0 fully saturated rings. The molecule has 76 valence electrons. The summed E-state index contributed by atoms with van der Waals surface area (Å²) in [4.78, 5) is 0. The van der Waals surface area contributed by atoms with Crippen LogP contribution in [0.5, 0.6) is 0 Å². The molecule has 0 saturated heterocycles. The summed E-state index contributed by atoms with van der Waals surface area (Å²) in [7, 11) is 0. The Kier molecular flexibility index (Phi) is 3.51. The standard InChI is InChI=1S/C14H20/c1-5-6-8-12-9-7-10-13(11-12)14(2,3)4/h6-11H,5H2,1-4H3/b8-6+. The first-order chi connectivity index (χ1) is 6.54. The van der Waals surface area contributed by atoms with Crippen molar-refractivity contribution >= 4 is 6.08 Å². The predicted molar refractivity (Wildman–Crippen MR) is 64.5 cm³/mol. The molecule has 0 unspecified atom stereocenters. The van der Waals surface area contributed by atoms with Gasteiger partial charge in [-0.25, -0.2) is 0 Å². The van der Waals surface area contributed by atoms with Crippen LogP contribution in [-0.2, 0) is 5.41 Å². The molecule has 0 atom stereocenters. The normalized spacial score (nSPS) is 12.3. The molecular formula is C14H20. The minimum atomic E-state index is 0.246. The fraction of sp³-hybridized carbons (Fsp3) is 0.429. The average molecular weight is 188 g/mol. The number of hydrogen-bond acceptors (Lipinski definition) is 0. The maximum Gasteiger partial charge on any atom is -0.0132 e. The topological polar surface area (TPSA) is 0 Å². The highest BCUT2D eigenvalue weighted by Gasteiger charge is 2.12. The molecule has 0 radical (unpaired) electrons. The van der Waals surface area contributed by atoms with E-state index in [4.69, 9.17) is 0 Å². The smallest absolute Gasteiger partial charge is 0.0132 e. The van der Waals surface area contributed by atoms with Crippen molar-refractivity contribution in [3.05, 3.63) is 41.5 Å². The van der Waals surface area contributed by atoms with Gasteiger partial charge in [-0.3, -0.25) is 0 Å². The molecule has 0 nitrogen and oxygen atoms in total. The fourth-order valence-corrected chi connectivity index (χ4v) is 1.36. The Hall–Kier alpha value is -1.04. The molecule has 0 aliphatic carbocycles. The van der Waals surface area contributed by atoms with Crippen LogP contribution in [0.25, 0.3) is 6.08 Å². The second kappa shape index (κ2) is 4.45. The zero-order chi connectivity index (χ0) is 10.6. The van der Waals surface area contributed by atoms with Crippen LogP contribution in [0.4, 0.5) is 0 Å². The Morgan fingerprint density at radius 1 is 1.21 bits per heavy atom. The third-order valence-electron chi connectivity index (χ3n) is 2.30. The number of allylic oxidation sites excluding steroid dienone is 1. The SMILES string of the molecule is CC/C=C/c1cccc(C(C)(C)C)c1. The molecule has 0 aliphatic heterocycles. The Morgan fingerprint density at radius 3 is 2.50 bits per heavy atom. The maximum atomic E-state index is 2.27. The van der Waals surface area contributed by atoms with Crippen molar-refractivity contribution in [1.29, 1.82) is 0 Å². The molecular weight excluding hydrogens is 168 g/mol. The van der Waals surface area contributed by atoms with Crippen LogP contribution in [0.15, 0.2) is 30.3 Å². The summed E-state index contributed by atoms with van der Waals surface area (Å²) in [6, 6.07) is 8.76. The van der Waals surface area contributed by atoms with E-state index in [2.05, 4.69) is 64.1 Å². The molecule has 0 heteroatoms. The predicted octanol–water partition coefficient (Wildman–Crippen LogP) is 4.41. The molecule has 0 amide bonds. The number of hydrogen-bond donors (Lipinski definition) is 0. The van der Waals surface area contributed by atoms with Crippen LogP contribution in [0.3, 0.4) is 0 Å². The Balaban J connectivity index is 2.96. The van der Waals surface area contributed by atoms with E-state index in [1.165, 1.54) is 11.1 Å². The van der Waals surface area contributed by atoms with Crippen LogP contribution in [0, 0.1) is 0 Å². The molecule has 1 rings (SSSR count). The maximum absolute atomic E-state index is 2.27. The molecule has 0 saturated carbocycles. The average Bonchev–Trinajstić information content (AvgIpc) is 2.14. The van der Waals surface area contributed by atoms with Gasteiger partial charge in [0.25, 0.3) is 0 Å². The van der Waals surface area contributed by atoms with Crippen LogP contribution in [-0.4, -0.2) is 0 Å². The van der Waals surface area contributed by atoms with E-state index in [0.29, 0.717) is 0 Å². The molecule has 1 aromatic carbocycles. The van der Waals surface area contributed by atoms with Crippen LogP contribution in [0.2, 0.25) is 0 Å². The highest BCUT2D eigenvalue weighted by Crippen LogP contribution is 2.23. The molecule has 0 N–H and O–H groups in total. The Labute approximate surface area is 87.7 Å². The number of rotatable bonds is 2. The lowest BCUT2D eigenvalue weighted by Crippen LogP contribution is -2.10. The van der Waals surface area contributed by atoms with Crippen molar-refractivity contribution in [2.75, 3.05) is 0 Å². The van der Waals surface area contributed by atoms with Gasteiger partial charge in [-0.05, 0) is 23.0 Å². The van der Waals surface area contributed by atoms with E-state index < -0.39 is 0 Å². The molecule has 0 aromatic heterocycles. The van der Waals surface area contributed by atoms with E-state index in [1.54, 1.807) is 0 Å². The molecule has 0 spiro atoms. The van der Waals surface area contributed by atoms with Crippen LogP contribution >= 0.6 is 0 Å². The molecule has 1 aromatic rings. The highest BCUT2D eigenvalue weighted by atomic mass is 14.2. The summed E-state index contributed by atoms with van der Waals surface area (Å²) in [5.74, 6) is 0. The third-order valence-corrected chi connectivity index (χ3v) is 2.30. The van der Waals surface area contributed by atoms with Crippen LogP contribution in [0.1, 0.15) is 45.2 Å². The molecule has 0 heterocycles. The number of benzene rings is 1. The van der Waals surface area contributed by atoms with Crippen molar-refractivity contribution < 1.29 is 0 Å². The fourth-order valence-electron chi connectivity index (χ4n) is 1.36. The van der Waals surface area contributed by atoms with E-state index >= 15 is 0 Å². The van der Waals surface area contributed by atoms with Gasteiger partial charge in [0.05, 0.1) is 0 Å². The lowest BCUT2D eigenvalue weighted by Gasteiger charge is -2.19. The van der Waals surface area contributed by atoms with E-state index in [-0.39, 0.29) is 5.41 Å². The van der Waals surface area contributed by atoms with Crippen molar-refractivity contribution in [3.63, 3.8) is 0 Å². The van der Waals surface area contributed by atoms with E-state index in [0.717, 1.165) is 6.42 Å². The highest BCUT2D eigenvalue weighted by molar-refractivity contribution is 5.51. The van der Waals surface area contributed by atoms with Crippen LogP contribution < -0.4 is 0 Å². The second-order valence-corrected chi connectivity index (χ2v) is 4.69. The molecule has 14 heavy (non-hydrogen) atoms. The zero-order valence-electron chi connectivity index (χ0n) is 9.67. The lowest BCUT2D eigenvalue weighted by molar-refractivity contribution is 0.590. The summed E-state index contributed by atoms with van der Waals surface area (Å²) < 4.78 is 0. The summed E-state index contributed by atoms with van der Waals surface area (Å²) in [6.45, 7) is 8.89. The van der Waals surface area contributed by atoms with Gasteiger partial charge in [-0.2, -0.15) is 0 Å². The summed E-state index contributed by atoms with van der Waals surface area (Å²) >= 11 is 0. The lowest BCUT2D eigenvalue weighted by atomic mass is 9.86. The largest absolute Gasteiger partial charge is 0.0842 e. The van der Waals surface area contributed by atoms with Gasteiger partial charge in [0.2, 0.25) is 0 Å². The Bertz CT molecular complexity index is 313. The van der Waals surface area contributed by atoms with Gasteiger partial charge in [0.1, 0.15) is 0 Å². The van der Waals surface area contributed by atoms with E-state index in [1.807, 2.05) is 0 Å². The Morgan fingerprint density at radius 2 is 1.93 bits per heavy atom. The van der Waals surface area contributed by atoms with Gasteiger partial charge < -0.3 is 0 Å². The van der Waals surface area contributed by atoms with E-state index in [9.17, 15) is 0 Å². The first kappa shape index (κ1) is 11.0. The molecule has 0 bridgehead atoms. The summed E-state index contributed by atoms with van der Waals surface area (Å²) in [6.07, 6.45) is 5.48. The van der Waals surface area contributed by atoms with Gasteiger partial charge in [-0.1, -0.05) is 64.1 Å². The third kappa shape index (κ3) is 3.02. The first-order valence-corrected chi connectivity index (χ1v) is 5.31.